The van der Waals surface area contributed by atoms with Gasteiger partial charge >= 0.3 is 0 Å². The van der Waals surface area contributed by atoms with Crippen molar-refractivity contribution in [3.8, 4) is 0 Å². The summed E-state index contributed by atoms with van der Waals surface area (Å²) in [5.74, 6) is 0. The maximum Gasteiger partial charge on any atom is 0.0961 e. The molecule has 0 saturated carbocycles. The summed E-state index contributed by atoms with van der Waals surface area (Å²) in [6.45, 7) is 4.23. The molecule has 1 aromatic rings. The highest BCUT2D eigenvalue weighted by Crippen LogP contribution is 2.33. The van der Waals surface area contributed by atoms with Gasteiger partial charge in [-0.3, -0.25) is 0 Å². The van der Waals surface area contributed by atoms with Crippen molar-refractivity contribution in [2.24, 2.45) is 0 Å². The molecular weight excluding hydrogens is 264 g/mol. The van der Waals surface area contributed by atoms with Crippen molar-refractivity contribution < 1.29 is 5.11 Å². The lowest BCUT2D eigenvalue weighted by molar-refractivity contribution is 0.167. The average molecular weight is 289 g/mol. The lowest BCUT2D eigenvalue weighted by atomic mass is 10.1. The zero-order chi connectivity index (χ0) is 13.4. The lowest BCUT2D eigenvalue weighted by Gasteiger charge is -2.07. The Morgan fingerprint density at radius 1 is 1.17 bits per heavy atom. The molecular formula is C15H25ClOS. The van der Waals surface area contributed by atoms with E-state index < -0.39 is 0 Å². The van der Waals surface area contributed by atoms with Crippen LogP contribution in [0.25, 0.3) is 0 Å². The van der Waals surface area contributed by atoms with Crippen LogP contribution in [-0.4, -0.2) is 5.11 Å². The van der Waals surface area contributed by atoms with Crippen molar-refractivity contribution in [3.05, 3.63) is 20.8 Å². The van der Waals surface area contributed by atoms with Gasteiger partial charge in [-0.05, 0) is 25.0 Å². The van der Waals surface area contributed by atoms with Crippen LogP contribution in [0.3, 0.4) is 0 Å². The molecule has 0 fully saturated rings. The number of hydrogen-bond acceptors (Lipinski definition) is 2. The zero-order valence-corrected chi connectivity index (χ0v) is 13.1. The number of aryl methyl sites for hydroxylation is 1. The third kappa shape index (κ3) is 5.73. The largest absolute Gasteiger partial charge is 0.388 e. The molecule has 1 rings (SSSR count). The van der Waals surface area contributed by atoms with Crippen LogP contribution in [0.1, 0.15) is 74.8 Å². The first kappa shape index (κ1) is 16.0. The molecule has 1 unspecified atom stereocenters. The van der Waals surface area contributed by atoms with Gasteiger partial charge in [-0.25, -0.2) is 0 Å². The SMILES string of the molecule is CCCCCCCCCC(O)c1cc(C)c(Cl)s1. The fraction of sp³-hybridized carbons (Fsp3) is 0.733. The standard InChI is InChI=1S/C15H25ClOS/c1-3-4-5-6-7-8-9-10-13(17)14-11-12(2)15(16)18-14/h11,13,17H,3-10H2,1-2H3. The topological polar surface area (TPSA) is 20.2 Å². The van der Waals surface area contributed by atoms with Gasteiger partial charge in [0.15, 0.2) is 0 Å². The predicted octanol–water partition coefficient (Wildman–Crippen LogP) is 5.88. The summed E-state index contributed by atoms with van der Waals surface area (Å²) < 4.78 is 0.809. The first-order chi connectivity index (χ1) is 8.65. The summed E-state index contributed by atoms with van der Waals surface area (Å²) in [6, 6.07) is 2.01. The van der Waals surface area contributed by atoms with Gasteiger partial charge in [0.1, 0.15) is 0 Å². The van der Waals surface area contributed by atoms with Crippen LogP contribution in [0.2, 0.25) is 4.34 Å². The Hall–Kier alpha value is -0.0500. The molecule has 104 valence electrons. The summed E-state index contributed by atoms with van der Waals surface area (Å²) in [4.78, 5) is 1.02. The highest BCUT2D eigenvalue weighted by Gasteiger charge is 2.11. The minimum absolute atomic E-state index is 0.322. The van der Waals surface area contributed by atoms with Gasteiger partial charge in [0.05, 0.1) is 10.4 Å². The van der Waals surface area contributed by atoms with Crippen LogP contribution in [-0.2, 0) is 0 Å². The molecule has 0 spiro atoms. The fourth-order valence-electron chi connectivity index (χ4n) is 2.08. The Bertz CT molecular complexity index is 316. The normalized spacial score (nSPS) is 12.9. The lowest BCUT2D eigenvalue weighted by Crippen LogP contribution is -1.94. The zero-order valence-electron chi connectivity index (χ0n) is 11.5. The Labute approximate surface area is 120 Å². The molecule has 0 bridgehead atoms. The Kier molecular flexibility index (Phi) is 7.96. The van der Waals surface area contributed by atoms with Gasteiger partial charge in [0, 0.05) is 4.88 Å². The molecule has 0 aliphatic heterocycles. The van der Waals surface area contributed by atoms with E-state index in [1.807, 2.05) is 13.0 Å². The summed E-state index contributed by atoms with van der Waals surface area (Å²) >= 11 is 7.53. The molecule has 0 saturated heterocycles. The van der Waals surface area contributed by atoms with Gasteiger partial charge in [0.25, 0.3) is 0 Å². The summed E-state index contributed by atoms with van der Waals surface area (Å²) in [6.07, 6.45) is 9.55. The van der Waals surface area contributed by atoms with Crippen LogP contribution in [0.4, 0.5) is 0 Å². The van der Waals surface area contributed by atoms with Crippen molar-refractivity contribution in [3.63, 3.8) is 0 Å². The van der Waals surface area contributed by atoms with Gasteiger partial charge < -0.3 is 5.11 Å². The molecule has 18 heavy (non-hydrogen) atoms. The minimum atomic E-state index is -0.322. The van der Waals surface area contributed by atoms with E-state index in [9.17, 15) is 5.11 Å². The average Bonchev–Trinajstić information content (AvgIpc) is 2.68. The molecule has 0 aliphatic carbocycles. The third-order valence-electron chi connectivity index (χ3n) is 3.29. The number of hydrogen-bond donors (Lipinski definition) is 1. The number of halogens is 1. The molecule has 3 heteroatoms. The van der Waals surface area contributed by atoms with Crippen molar-refractivity contribution in [1.29, 1.82) is 0 Å². The van der Waals surface area contributed by atoms with Crippen LogP contribution in [0.15, 0.2) is 6.07 Å². The van der Waals surface area contributed by atoms with E-state index in [1.165, 1.54) is 49.9 Å². The number of unbranched alkanes of at least 4 members (excludes halogenated alkanes) is 6. The quantitative estimate of drug-likeness (QED) is 0.562. The first-order valence-corrected chi connectivity index (χ1v) is 8.28. The monoisotopic (exact) mass is 288 g/mol. The molecule has 1 atom stereocenters. The van der Waals surface area contributed by atoms with Gasteiger partial charge in [0.2, 0.25) is 0 Å². The summed E-state index contributed by atoms with van der Waals surface area (Å²) in [7, 11) is 0. The Morgan fingerprint density at radius 2 is 1.78 bits per heavy atom. The van der Waals surface area contributed by atoms with Crippen LogP contribution in [0.5, 0.6) is 0 Å². The number of aliphatic hydroxyl groups excluding tert-OH is 1. The highest BCUT2D eigenvalue weighted by atomic mass is 35.5. The molecule has 0 radical (unpaired) electrons. The predicted molar refractivity (Wildman–Crippen MR) is 81.6 cm³/mol. The van der Waals surface area contributed by atoms with Crippen molar-refractivity contribution >= 4 is 22.9 Å². The summed E-state index contributed by atoms with van der Waals surface area (Å²) in [5, 5.41) is 10.1. The molecule has 1 heterocycles. The highest BCUT2D eigenvalue weighted by molar-refractivity contribution is 7.16. The van der Waals surface area contributed by atoms with Crippen molar-refractivity contribution in [1.82, 2.24) is 0 Å². The summed E-state index contributed by atoms with van der Waals surface area (Å²) in [5.41, 5.74) is 1.08. The second kappa shape index (κ2) is 8.95. The molecule has 1 nitrogen and oxygen atoms in total. The number of aliphatic hydroxyl groups is 1. The van der Waals surface area contributed by atoms with Crippen molar-refractivity contribution in [2.45, 2.75) is 71.3 Å². The van der Waals surface area contributed by atoms with E-state index in [-0.39, 0.29) is 6.10 Å². The van der Waals surface area contributed by atoms with Crippen LogP contribution in [0, 0.1) is 6.92 Å². The van der Waals surface area contributed by atoms with Gasteiger partial charge in [-0.2, -0.15) is 0 Å². The smallest absolute Gasteiger partial charge is 0.0961 e. The maximum atomic E-state index is 10.1. The van der Waals surface area contributed by atoms with E-state index in [0.29, 0.717) is 0 Å². The molecule has 0 aliphatic rings. The second-order valence-corrected chi connectivity index (χ2v) is 6.72. The van der Waals surface area contributed by atoms with Crippen LogP contribution < -0.4 is 0 Å². The maximum absolute atomic E-state index is 10.1. The van der Waals surface area contributed by atoms with E-state index in [4.69, 9.17) is 11.6 Å². The fourth-order valence-corrected chi connectivity index (χ4v) is 3.32. The Morgan fingerprint density at radius 3 is 2.33 bits per heavy atom. The van der Waals surface area contributed by atoms with E-state index in [1.54, 1.807) is 0 Å². The van der Waals surface area contributed by atoms with E-state index >= 15 is 0 Å². The molecule has 0 amide bonds. The molecule has 1 N–H and O–H groups in total. The molecule has 0 aromatic carbocycles. The van der Waals surface area contributed by atoms with Crippen LogP contribution >= 0.6 is 22.9 Å². The van der Waals surface area contributed by atoms with E-state index in [0.717, 1.165) is 27.6 Å². The second-order valence-electron chi connectivity index (χ2n) is 5.03. The number of rotatable bonds is 9. The Balaban J connectivity index is 2.12. The van der Waals surface area contributed by atoms with Gasteiger partial charge in [-0.15, -0.1) is 11.3 Å². The van der Waals surface area contributed by atoms with Crippen molar-refractivity contribution in [2.75, 3.05) is 0 Å². The van der Waals surface area contributed by atoms with Gasteiger partial charge in [-0.1, -0.05) is 63.5 Å². The van der Waals surface area contributed by atoms with E-state index in [2.05, 4.69) is 6.92 Å². The molecule has 1 aromatic heterocycles. The minimum Gasteiger partial charge on any atom is -0.388 e. The first-order valence-electron chi connectivity index (χ1n) is 7.09. The number of thiophene rings is 1. The third-order valence-corrected chi connectivity index (χ3v) is 4.94.